The van der Waals surface area contributed by atoms with Crippen LogP contribution in [0.3, 0.4) is 0 Å². The summed E-state index contributed by atoms with van der Waals surface area (Å²) in [6, 6.07) is 5.93. The number of rotatable bonds is 7. The van der Waals surface area contributed by atoms with Crippen molar-refractivity contribution in [2.24, 2.45) is 5.84 Å². The fourth-order valence-corrected chi connectivity index (χ4v) is 2.07. The maximum absolute atomic E-state index is 5.53. The average molecular weight is 286 g/mol. The van der Waals surface area contributed by atoms with Crippen LogP contribution < -0.4 is 16.6 Å². The van der Waals surface area contributed by atoms with Crippen LogP contribution >= 0.6 is 0 Å². The predicted octanol–water partition coefficient (Wildman–Crippen LogP) is 2.07. The smallest absolute Gasteiger partial charge is 0.148 e. The molecule has 0 unspecified atom stereocenters. The second-order valence-corrected chi connectivity index (χ2v) is 4.85. The first kappa shape index (κ1) is 15.2. The first-order valence-corrected chi connectivity index (χ1v) is 7.22. The maximum Gasteiger partial charge on any atom is 0.148 e. The molecule has 6 heteroatoms. The first-order valence-electron chi connectivity index (χ1n) is 7.22. The summed E-state index contributed by atoms with van der Waals surface area (Å²) in [6.07, 6.45) is 4.49. The molecule has 0 saturated carbocycles. The number of nitrogen functional groups attached to an aromatic ring is 1. The first-order chi connectivity index (χ1) is 10.2. The largest absolute Gasteiger partial charge is 0.369 e. The van der Waals surface area contributed by atoms with Gasteiger partial charge in [0.25, 0.3) is 0 Å². The molecule has 0 saturated heterocycles. The fraction of sp³-hybridized carbons (Fsp3) is 0.400. The molecule has 0 radical (unpaired) electrons. The van der Waals surface area contributed by atoms with E-state index in [1.807, 2.05) is 25.1 Å². The number of pyridine rings is 1. The van der Waals surface area contributed by atoms with Crippen molar-refractivity contribution in [1.82, 2.24) is 15.0 Å². The van der Waals surface area contributed by atoms with Crippen molar-refractivity contribution in [2.75, 3.05) is 17.3 Å². The highest BCUT2D eigenvalue weighted by Gasteiger charge is 2.09. The van der Waals surface area contributed by atoms with Crippen LogP contribution in [-0.4, -0.2) is 21.5 Å². The Balaban J connectivity index is 2.06. The van der Waals surface area contributed by atoms with Crippen molar-refractivity contribution in [3.8, 4) is 0 Å². The molecule has 0 fully saturated rings. The Labute approximate surface area is 125 Å². The summed E-state index contributed by atoms with van der Waals surface area (Å²) in [5.41, 5.74) is 4.63. The van der Waals surface area contributed by atoms with E-state index in [0.717, 1.165) is 48.7 Å². The Hall–Kier alpha value is -2.21. The minimum absolute atomic E-state index is 0.675. The summed E-state index contributed by atoms with van der Waals surface area (Å²) in [6.45, 7) is 4.82. The molecule has 0 amide bonds. The number of anilines is 2. The van der Waals surface area contributed by atoms with Crippen molar-refractivity contribution in [3.63, 3.8) is 0 Å². The number of aromatic nitrogens is 3. The molecule has 21 heavy (non-hydrogen) atoms. The van der Waals surface area contributed by atoms with Gasteiger partial charge in [-0.25, -0.2) is 15.8 Å². The third-order valence-electron chi connectivity index (χ3n) is 3.20. The van der Waals surface area contributed by atoms with Gasteiger partial charge in [0.05, 0.1) is 0 Å². The molecule has 2 aromatic heterocycles. The molecule has 0 aliphatic rings. The van der Waals surface area contributed by atoms with Gasteiger partial charge in [0.1, 0.15) is 17.5 Å². The molecule has 2 rings (SSSR count). The van der Waals surface area contributed by atoms with Crippen LogP contribution in [0.25, 0.3) is 0 Å². The zero-order chi connectivity index (χ0) is 15.1. The second kappa shape index (κ2) is 7.54. The summed E-state index contributed by atoms with van der Waals surface area (Å²) in [4.78, 5) is 13.3. The standard InChI is InChI=1S/C15H22N6/c1-3-6-13-19-14(11(2)15(20-13)21-16)18-10-8-12-7-4-5-9-17-12/h4-5,7,9H,3,6,8,10,16H2,1-2H3,(H2,18,19,20,21). The Morgan fingerprint density at radius 3 is 2.62 bits per heavy atom. The van der Waals surface area contributed by atoms with Crippen LogP contribution in [0.2, 0.25) is 0 Å². The minimum atomic E-state index is 0.675. The molecule has 0 bridgehead atoms. The normalized spacial score (nSPS) is 10.4. The van der Waals surface area contributed by atoms with Crippen LogP contribution in [0.4, 0.5) is 11.6 Å². The lowest BCUT2D eigenvalue weighted by Gasteiger charge is -2.13. The summed E-state index contributed by atoms with van der Waals surface area (Å²) >= 11 is 0. The Morgan fingerprint density at radius 2 is 1.95 bits per heavy atom. The summed E-state index contributed by atoms with van der Waals surface area (Å²) < 4.78 is 0. The van der Waals surface area contributed by atoms with Gasteiger partial charge >= 0.3 is 0 Å². The molecule has 0 aliphatic carbocycles. The van der Waals surface area contributed by atoms with Crippen LogP contribution in [-0.2, 0) is 12.8 Å². The maximum atomic E-state index is 5.53. The number of nitrogens with zero attached hydrogens (tertiary/aromatic N) is 3. The van der Waals surface area contributed by atoms with Gasteiger partial charge in [0.15, 0.2) is 0 Å². The number of nitrogens with two attached hydrogens (primary N) is 1. The molecule has 6 nitrogen and oxygen atoms in total. The van der Waals surface area contributed by atoms with Gasteiger partial charge in [-0.3, -0.25) is 4.98 Å². The second-order valence-electron chi connectivity index (χ2n) is 4.85. The summed E-state index contributed by atoms with van der Waals surface area (Å²) in [5, 5.41) is 3.35. The zero-order valence-electron chi connectivity index (χ0n) is 12.6. The highest BCUT2D eigenvalue weighted by molar-refractivity contribution is 5.56. The SMILES string of the molecule is CCCc1nc(NN)c(C)c(NCCc2ccccn2)n1. The third-order valence-corrected chi connectivity index (χ3v) is 3.20. The molecule has 0 aliphatic heterocycles. The lowest BCUT2D eigenvalue weighted by Crippen LogP contribution is -2.16. The number of hydrogen-bond donors (Lipinski definition) is 3. The van der Waals surface area contributed by atoms with Crippen molar-refractivity contribution >= 4 is 11.6 Å². The van der Waals surface area contributed by atoms with Crippen molar-refractivity contribution in [1.29, 1.82) is 0 Å². The fourth-order valence-electron chi connectivity index (χ4n) is 2.07. The molecular formula is C15H22N6. The monoisotopic (exact) mass is 286 g/mol. The average Bonchev–Trinajstić information content (AvgIpc) is 2.51. The highest BCUT2D eigenvalue weighted by atomic mass is 15.3. The van der Waals surface area contributed by atoms with Crippen molar-refractivity contribution < 1.29 is 0 Å². The van der Waals surface area contributed by atoms with Gasteiger partial charge < -0.3 is 10.7 Å². The van der Waals surface area contributed by atoms with E-state index in [4.69, 9.17) is 5.84 Å². The van der Waals surface area contributed by atoms with Gasteiger partial charge in [-0.2, -0.15) is 0 Å². The Morgan fingerprint density at radius 1 is 1.14 bits per heavy atom. The van der Waals surface area contributed by atoms with Crippen LogP contribution in [0.5, 0.6) is 0 Å². The molecule has 0 aromatic carbocycles. The van der Waals surface area contributed by atoms with E-state index in [2.05, 4.69) is 32.6 Å². The van der Waals surface area contributed by atoms with Gasteiger partial charge in [0, 0.05) is 36.8 Å². The number of hydrazine groups is 1. The molecule has 4 N–H and O–H groups in total. The predicted molar refractivity (Wildman–Crippen MR) is 85.0 cm³/mol. The third kappa shape index (κ3) is 4.13. The zero-order valence-corrected chi connectivity index (χ0v) is 12.6. The summed E-state index contributed by atoms with van der Waals surface area (Å²) in [7, 11) is 0. The van der Waals surface area contributed by atoms with E-state index in [1.54, 1.807) is 6.20 Å². The lowest BCUT2D eigenvalue weighted by molar-refractivity contribution is 0.828. The van der Waals surface area contributed by atoms with E-state index in [-0.39, 0.29) is 0 Å². The highest BCUT2D eigenvalue weighted by Crippen LogP contribution is 2.19. The van der Waals surface area contributed by atoms with Gasteiger partial charge in [-0.15, -0.1) is 0 Å². The Bertz CT molecular complexity index is 570. The molecule has 0 spiro atoms. The van der Waals surface area contributed by atoms with Crippen molar-refractivity contribution in [2.45, 2.75) is 33.1 Å². The van der Waals surface area contributed by atoms with E-state index in [9.17, 15) is 0 Å². The van der Waals surface area contributed by atoms with Gasteiger partial charge in [0.2, 0.25) is 0 Å². The molecule has 2 heterocycles. The summed E-state index contributed by atoms with van der Waals surface area (Å²) in [5.74, 6) is 7.83. The molecule has 2 aromatic rings. The van der Waals surface area contributed by atoms with E-state index in [0.29, 0.717) is 5.82 Å². The van der Waals surface area contributed by atoms with Gasteiger partial charge in [-0.05, 0) is 25.5 Å². The van der Waals surface area contributed by atoms with Gasteiger partial charge in [-0.1, -0.05) is 13.0 Å². The number of hydrogen-bond acceptors (Lipinski definition) is 6. The van der Waals surface area contributed by atoms with Crippen molar-refractivity contribution in [3.05, 3.63) is 41.5 Å². The van der Waals surface area contributed by atoms with E-state index < -0.39 is 0 Å². The molecule has 112 valence electrons. The van der Waals surface area contributed by atoms with Crippen LogP contribution in [0.15, 0.2) is 24.4 Å². The molecular weight excluding hydrogens is 264 g/mol. The van der Waals surface area contributed by atoms with Crippen LogP contribution in [0.1, 0.15) is 30.4 Å². The topological polar surface area (TPSA) is 88.8 Å². The van der Waals surface area contributed by atoms with E-state index in [1.165, 1.54) is 0 Å². The number of nitrogens with one attached hydrogen (secondary N) is 2. The Kier molecular flexibility index (Phi) is 5.45. The number of aryl methyl sites for hydroxylation is 1. The lowest BCUT2D eigenvalue weighted by atomic mass is 10.2. The quantitative estimate of drug-likeness (QED) is 0.533. The van der Waals surface area contributed by atoms with E-state index >= 15 is 0 Å². The minimum Gasteiger partial charge on any atom is -0.369 e. The van der Waals surface area contributed by atoms with Crippen LogP contribution in [0, 0.1) is 6.92 Å². The molecule has 0 atom stereocenters.